The van der Waals surface area contributed by atoms with Crippen molar-refractivity contribution in [3.63, 3.8) is 0 Å². The Morgan fingerprint density at radius 3 is 2.39 bits per heavy atom. The van der Waals surface area contributed by atoms with Crippen LogP contribution in [0.25, 0.3) is 0 Å². The molecule has 8 nitrogen and oxygen atoms in total. The maximum absolute atomic E-state index is 13.0. The number of hydrogen-bond donors (Lipinski definition) is 1. The van der Waals surface area contributed by atoms with E-state index in [4.69, 9.17) is 11.6 Å². The smallest absolute Gasteiger partial charge is 0.246 e. The summed E-state index contributed by atoms with van der Waals surface area (Å²) in [6, 6.07) is 7.05. The van der Waals surface area contributed by atoms with Crippen LogP contribution in [0.1, 0.15) is 11.4 Å². The molecule has 0 saturated carbocycles. The molecule has 2 aromatic rings. The number of piperazine rings is 1. The lowest BCUT2D eigenvalue weighted by Gasteiger charge is -2.33. The number of aryl methyl sites for hydroxylation is 2. The summed E-state index contributed by atoms with van der Waals surface area (Å²) in [7, 11) is -1.87. The first-order valence-electron chi connectivity index (χ1n) is 8.97. The molecule has 1 aliphatic heterocycles. The number of benzene rings is 1. The molecule has 0 radical (unpaired) electrons. The lowest BCUT2D eigenvalue weighted by Crippen LogP contribution is -2.50. The van der Waals surface area contributed by atoms with Crippen molar-refractivity contribution >= 4 is 33.2 Å². The van der Waals surface area contributed by atoms with Gasteiger partial charge in [0.25, 0.3) is 0 Å². The van der Waals surface area contributed by atoms with Gasteiger partial charge in [-0.25, -0.2) is 8.42 Å². The predicted octanol–water partition coefficient (Wildman–Crippen LogP) is 1.64. The summed E-state index contributed by atoms with van der Waals surface area (Å²) in [5, 5.41) is 7.48. The Balaban J connectivity index is 1.60. The first-order chi connectivity index (χ1) is 13.2. The van der Waals surface area contributed by atoms with E-state index in [1.54, 1.807) is 49.8 Å². The van der Waals surface area contributed by atoms with Crippen LogP contribution in [0.4, 0.5) is 5.69 Å². The number of para-hydroxylation sites is 1. The SMILES string of the molecule is Cc1nn(C)c(C)c1S(=O)(=O)N1CCN(CC(=O)Nc2ccccc2Cl)CC1. The molecule has 2 heterocycles. The molecule has 152 valence electrons. The Bertz CT molecular complexity index is 981. The Hall–Kier alpha value is -1.94. The van der Waals surface area contributed by atoms with Gasteiger partial charge >= 0.3 is 0 Å². The third-order valence-corrected chi connectivity index (χ3v) is 7.37. The maximum Gasteiger partial charge on any atom is 0.246 e. The first kappa shape index (κ1) is 20.8. The molecule has 3 rings (SSSR count). The van der Waals surface area contributed by atoms with Crippen molar-refractivity contribution in [2.45, 2.75) is 18.7 Å². The summed E-state index contributed by atoms with van der Waals surface area (Å²) >= 11 is 6.06. The Kier molecular flexibility index (Phi) is 6.09. The second-order valence-corrected chi connectivity index (χ2v) is 9.11. The van der Waals surface area contributed by atoms with Crippen LogP contribution in [0.2, 0.25) is 5.02 Å². The monoisotopic (exact) mass is 425 g/mol. The van der Waals surface area contributed by atoms with Gasteiger partial charge in [-0.3, -0.25) is 14.4 Å². The van der Waals surface area contributed by atoms with Crippen LogP contribution in [0.5, 0.6) is 0 Å². The third-order valence-electron chi connectivity index (χ3n) is 4.89. The summed E-state index contributed by atoms with van der Waals surface area (Å²) in [5.74, 6) is -0.177. The van der Waals surface area contributed by atoms with Gasteiger partial charge in [-0.15, -0.1) is 0 Å². The molecule has 1 saturated heterocycles. The van der Waals surface area contributed by atoms with Gasteiger partial charge < -0.3 is 5.32 Å². The predicted molar refractivity (Wildman–Crippen MR) is 108 cm³/mol. The van der Waals surface area contributed by atoms with Crippen molar-refractivity contribution in [2.75, 3.05) is 38.0 Å². The molecule has 0 bridgehead atoms. The van der Waals surface area contributed by atoms with Crippen molar-refractivity contribution < 1.29 is 13.2 Å². The van der Waals surface area contributed by atoms with E-state index in [1.807, 2.05) is 4.90 Å². The number of hydrogen-bond acceptors (Lipinski definition) is 5. The highest BCUT2D eigenvalue weighted by Gasteiger charge is 2.33. The minimum atomic E-state index is -3.60. The number of nitrogens with one attached hydrogen (secondary N) is 1. The maximum atomic E-state index is 13.0. The van der Waals surface area contributed by atoms with Gasteiger partial charge in [0.1, 0.15) is 4.90 Å². The van der Waals surface area contributed by atoms with Crippen molar-refractivity contribution in [3.8, 4) is 0 Å². The molecule has 1 fully saturated rings. The number of aromatic nitrogens is 2. The van der Waals surface area contributed by atoms with Crippen LogP contribution < -0.4 is 5.32 Å². The van der Waals surface area contributed by atoms with Crippen LogP contribution in [-0.4, -0.2) is 66.0 Å². The average Bonchev–Trinajstić information content (AvgIpc) is 2.90. The number of carbonyl (C=O) groups is 1. The van der Waals surface area contributed by atoms with E-state index in [0.29, 0.717) is 48.3 Å². The second kappa shape index (κ2) is 8.20. The van der Waals surface area contributed by atoms with Crippen LogP contribution in [0, 0.1) is 13.8 Å². The number of anilines is 1. The number of nitrogens with zero attached hydrogens (tertiary/aromatic N) is 4. The molecular weight excluding hydrogens is 402 g/mol. The molecule has 1 aromatic heterocycles. The summed E-state index contributed by atoms with van der Waals surface area (Å²) in [4.78, 5) is 14.5. The summed E-state index contributed by atoms with van der Waals surface area (Å²) in [6.45, 7) is 5.26. The van der Waals surface area contributed by atoms with E-state index < -0.39 is 10.0 Å². The fourth-order valence-electron chi connectivity index (χ4n) is 3.34. The minimum Gasteiger partial charge on any atom is -0.324 e. The molecule has 0 unspecified atom stereocenters. The largest absolute Gasteiger partial charge is 0.324 e. The Morgan fingerprint density at radius 1 is 1.18 bits per heavy atom. The van der Waals surface area contributed by atoms with Crippen molar-refractivity contribution in [3.05, 3.63) is 40.7 Å². The van der Waals surface area contributed by atoms with E-state index >= 15 is 0 Å². The van der Waals surface area contributed by atoms with Crippen LogP contribution in [0.15, 0.2) is 29.2 Å². The van der Waals surface area contributed by atoms with Gasteiger partial charge in [-0.1, -0.05) is 23.7 Å². The zero-order valence-electron chi connectivity index (χ0n) is 16.1. The van der Waals surface area contributed by atoms with E-state index in [1.165, 1.54) is 4.31 Å². The topological polar surface area (TPSA) is 87.5 Å². The Morgan fingerprint density at radius 2 is 1.82 bits per heavy atom. The molecular formula is C18H24ClN5O3S. The van der Waals surface area contributed by atoms with Crippen molar-refractivity contribution in [1.29, 1.82) is 0 Å². The molecule has 0 spiro atoms. The summed E-state index contributed by atoms with van der Waals surface area (Å²) in [5.41, 5.74) is 1.69. The molecule has 1 aromatic carbocycles. The number of amides is 1. The van der Waals surface area contributed by atoms with Crippen LogP contribution in [0.3, 0.4) is 0 Å². The van der Waals surface area contributed by atoms with Crippen LogP contribution >= 0.6 is 11.6 Å². The van der Waals surface area contributed by atoms with E-state index in [2.05, 4.69) is 10.4 Å². The number of sulfonamides is 1. The van der Waals surface area contributed by atoms with Crippen LogP contribution in [-0.2, 0) is 21.9 Å². The molecule has 28 heavy (non-hydrogen) atoms. The van der Waals surface area contributed by atoms with Gasteiger partial charge in [-0.05, 0) is 26.0 Å². The average molecular weight is 426 g/mol. The lowest BCUT2D eigenvalue weighted by atomic mass is 10.3. The number of carbonyl (C=O) groups excluding carboxylic acids is 1. The molecule has 1 aliphatic rings. The summed E-state index contributed by atoms with van der Waals surface area (Å²) in [6.07, 6.45) is 0. The van der Waals surface area contributed by atoms with E-state index in [0.717, 1.165) is 0 Å². The molecule has 1 N–H and O–H groups in total. The Labute approximate surface area is 170 Å². The van der Waals surface area contributed by atoms with E-state index in [-0.39, 0.29) is 17.3 Å². The number of rotatable bonds is 5. The van der Waals surface area contributed by atoms with Gasteiger partial charge in [0.05, 0.1) is 28.6 Å². The van der Waals surface area contributed by atoms with Gasteiger partial charge in [-0.2, -0.15) is 9.40 Å². The lowest BCUT2D eigenvalue weighted by molar-refractivity contribution is -0.117. The quantitative estimate of drug-likeness (QED) is 0.786. The molecule has 1 amide bonds. The fourth-order valence-corrected chi connectivity index (χ4v) is 5.34. The summed E-state index contributed by atoms with van der Waals surface area (Å²) < 4.78 is 29.1. The molecule has 0 atom stereocenters. The zero-order chi connectivity index (χ0) is 20.5. The molecule has 10 heteroatoms. The van der Waals surface area contributed by atoms with Crippen molar-refractivity contribution in [2.24, 2.45) is 7.05 Å². The number of halogens is 1. The highest BCUT2D eigenvalue weighted by Crippen LogP contribution is 2.24. The van der Waals surface area contributed by atoms with Crippen molar-refractivity contribution in [1.82, 2.24) is 19.0 Å². The first-order valence-corrected chi connectivity index (χ1v) is 10.8. The van der Waals surface area contributed by atoms with Gasteiger partial charge in [0.15, 0.2) is 0 Å². The second-order valence-electron chi connectivity index (χ2n) is 6.83. The molecule has 0 aliphatic carbocycles. The minimum absolute atomic E-state index is 0.177. The standard InChI is InChI=1S/C18H24ClN5O3S/c1-13-18(14(2)22(3)21-13)28(26,27)24-10-8-23(9-11-24)12-17(25)20-16-7-5-4-6-15(16)19/h4-7H,8-12H2,1-3H3,(H,20,25). The highest BCUT2D eigenvalue weighted by atomic mass is 35.5. The van der Waals surface area contributed by atoms with Gasteiger partial charge in [0, 0.05) is 33.2 Å². The third kappa shape index (κ3) is 4.22. The van der Waals surface area contributed by atoms with Gasteiger partial charge in [0.2, 0.25) is 15.9 Å². The highest BCUT2D eigenvalue weighted by molar-refractivity contribution is 7.89. The normalized spacial score (nSPS) is 16.3. The zero-order valence-corrected chi connectivity index (χ0v) is 17.7. The van der Waals surface area contributed by atoms with E-state index in [9.17, 15) is 13.2 Å². The fraction of sp³-hybridized carbons (Fsp3) is 0.444.